The second-order valence-corrected chi connectivity index (χ2v) is 5.21. The Balaban J connectivity index is 1.75. The summed E-state index contributed by atoms with van der Waals surface area (Å²) >= 11 is 5.92. The van der Waals surface area contributed by atoms with Crippen LogP contribution in [0.3, 0.4) is 0 Å². The molecule has 0 atom stereocenters. The third-order valence-corrected chi connectivity index (χ3v) is 3.47. The van der Waals surface area contributed by atoms with E-state index in [1.165, 1.54) is 0 Å². The number of aromatic nitrogens is 2. The van der Waals surface area contributed by atoms with Gasteiger partial charge in [-0.2, -0.15) is 0 Å². The summed E-state index contributed by atoms with van der Waals surface area (Å²) in [6.45, 7) is 0. The zero-order chi connectivity index (χ0) is 15.4. The SMILES string of the molecule is O=C(/C=C/c1cccc(Cl)c1)c1ccc(-n2ccnc2)cc1. The molecular formula is C18H13ClN2O. The van der Waals surface area contributed by atoms with Gasteiger partial charge in [-0.1, -0.05) is 29.8 Å². The molecule has 22 heavy (non-hydrogen) atoms. The summed E-state index contributed by atoms with van der Waals surface area (Å²) in [6.07, 6.45) is 8.61. The Labute approximate surface area is 133 Å². The van der Waals surface area contributed by atoms with Crippen molar-refractivity contribution in [1.82, 2.24) is 9.55 Å². The van der Waals surface area contributed by atoms with Crippen LogP contribution in [0.15, 0.2) is 73.3 Å². The Kier molecular flexibility index (Phi) is 4.17. The van der Waals surface area contributed by atoms with E-state index in [0.717, 1.165) is 11.3 Å². The summed E-state index contributed by atoms with van der Waals surface area (Å²) in [6, 6.07) is 14.8. The van der Waals surface area contributed by atoms with Crippen molar-refractivity contribution in [2.75, 3.05) is 0 Å². The summed E-state index contributed by atoms with van der Waals surface area (Å²) in [7, 11) is 0. The molecule has 1 heterocycles. The van der Waals surface area contributed by atoms with E-state index in [1.807, 2.05) is 41.1 Å². The summed E-state index contributed by atoms with van der Waals surface area (Å²) < 4.78 is 1.88. The van der Waals surface area contributed by atoms with Crippen molar-refractivity contribution in [3.63, 3.8) is 0 Å². The minimum absolute atomic E-state index is 0.0443. The first-order chi connectivity index (χ1) is 10.7. The van der Waals surface area contributed by atoms with E-state index >= 15 is 0 Å². The highest BCUT2D eigenvalue weighted by Crippen LogP contribution is 2.13. The molecule has 3 rings (SSSR count). The molecule has 0 aliphatic rings. The zero-order valence-corrected chi connectivity index (χ0v) is 12.4. The molecule has 0 amide bonds. The van der Waals surface area contributed by atoms with Gasteiger partial charge in [0.05, 0.1) is 6.33 Å². The van der Waals surface area contributed by atoms with E-state index in [9.17, 15) is 4.79 Å². The van der Waals surface area contributed by atoms with Gasteiger partial charge < -0.3 is 4.57 Å². The quantitative estimate of drug-likeness (QED) is 0.528. The monoisotopic (exact) mass is 308 g/mol. The molecule has 2 aromatic carbocycles. The number of allylic oxidation sites excluding steroid dienone is 1. The van der Waals surface area contributed by atoms with Gasteiger partial charge in [-0.3, -0.25) is 4.79 Å². The van der Waals surface area contributed by atoms with Crippen LogP contribution in [0.5, 0.6) is 0 Å². The lowest BCUT2D eigenvalue weighted by molar-refractivity contribution is 0.104. The number of nitrogens with zero attached hydrogens (tertiary/aromatic N) is 2. The molecule has 0 saturated heterocycles. The van der Waals surface area contributed by atoms with Crippen LogP contribution >= 0.6 is 11.6 Å². The number of hydrogen-bond donors (Lipinski definition) is 0. The summed E-state index contributed by atoms with van der Waals surface area (Å²) in [5.74, 6) is -0.0443. The maximum Gasteiger partial charge on any atom is 0.185 e. The molecule has 3 nitrogen and oxygen atoms in total. The van der Waals surface area contributed by atoms with E-state index in [0.29, 0.717) is 10.6 Å². The molecule has 0 aliphatic heterocycles. The molecule has 0 N–H and O–H groups in total. The zero-order valence-electron chi connectivity index (χ0n) is 11.7. The normalized spacial score (nSPS) is 11.0. The predicted octanol–water partition coefficient (Wildman–Crippen LogP) is 4.42. The fourth-order valence-corrected chi connectivity index (χ4v) is 2.29. The highest BCUT2D eigenvalue weighted by Gasteiger charge is 2.02. The summed E-state index contributed by atoms with van der Waals surface area (Å²) in [5.41, 5.74) is 2.51. The Morgan fingerprint density at radius 3 is 2.64 bits per heavy atom. The van der Waals surface area contributed by atoms with Gasteiger partial charge in [-0.05, 0) is 48.0 Å². The molecule has 0 aliphatic carbocycles. The van der Waals surface area contributed by atoms with Gasteiger partial charge in [0.1, 0.15) is 0 Å². The fourth-order valence-electron chi connectivity index (χ4n) is 2.09. The Morgan fingerprint density at radius 1 is 1.14 bits per heavy atom. The van der Waals surface area contributed by atoms with Crippen LogP contribution in [-0.4, -0.2) is 15.3 Å². The standard InChI is InChI=1S/C18H13ClN2O/c19-16-3-1-2-14(12-16)4-9-18(22)15-5-7-17(8-6-15)21-11-10-20-13-21/h1-13H/b9-4+. The van der Waals surface area contributed by atoms with Gasteiger partial charge in [0.15, 0.2) is 5.78 Å². The van der Waals surface area contributed by atoms with Crippen molar-refractivity contribution in [2.45, 2.75) is 0 Å². The smallest absolute Gasteiger partial charge is 0.185 e. The molecule has 0 unspecified atom stereocenters. The maximum atomic E-state index is 12.2. The van der Waals surface area contributed by atoms with Crippen molar-refractivity contribution in [2.24, 2.45) is 0 Å². The largest absolute Gasteiger partial charge is 0.306 e. The lowest BCUT2D eigenvalue weighted by Gasteiger charge is -2.02. The number of carbonyl (C=O) groups is 1. The highest BCUT2D eigenvalue weighted by atomic mass is 35.5. The van der Waals surface area contributed by atoms with E-state index < -0.39 is 0 Å². The second-order valence-electron chi connectivity index (χ2n) is 4.77. The van der Waals surface area contributed by atoms with Crippen LogP contribution in [0.1, 0.15) is 15.9 Å². The Morgan fingerprint density at radius 2 is 1.95 bits per heavy atom. The van der Waals surface area contributed by atoms with Crippen LogP contribution in [-0.2, 0) is 0 Å². The number of benzene rings is 2. The lowest BCUT2D eigenvalue weighted by atomic mass is 10.1. The van der Waals surface area contributed by atoms with Crippen molar-refractivity contribution in [1.29, 1.82) is 0 Å². The third kappa shape index (κ3) is 3.32. The molecule has 108 valence electrons. The minimum Gasteiger partial charge on any atom is -0.306 e. The molecule has 0 saturated carbocycles. The van der Waals surface area contributed by atoms with Gasteiger partial charge in [0.25, 0.3) is 0 Å². The number of imidazole rings is 1. The maximum absolute atomic E-state index is 12.2. The second kappa shape index (κ2) is 6.41. The number of rotatable bonds is 4. The van der Waals surface area contributed by atoms with Gasteiger partial charge in [0, 0.05) is 28.7 Å². The topological polar surface area (TPSA) is 34.9 Å². The summed E-state index contributed by atoms with van der Waals surface area (Å²) in [4.78, 5) is 16.2. The van der Waals surface area contributed by atoms with Crippen molar-refractivity contribution in [3.8, 4) is 5.69 Å². The van der Waals surface area contributed by atoms with E-state index in [2.05, 4.69) is 4.98 Å². The molecule has 3 aromatic rings. The van der Waals surface area contributed by atoms with Gasteiger partial charge in [-0.15, -0.1) is 0 Å². The first-order valence-corrected chi connectivity index (χ1v) is 7.16. The molecule has 1 aromatic heterocycles. The molecular weight excluding hydrogens is 296 g/mol. The van der Waals surface area contributed by atoms with Gasteiger partial charge >= 0.3 is 0 Å². The average Bonchev–Trinajstić information content (AvgIpc) is 3.07. The van der Waals surface area contributed by atoms with Crippen LogP contribution in [0, 0.1) is 0 Å². The lowest BCUT2D eigenvalue weighted by Crippen LogP contribution is -1.96. The van der Waals surface area contributed by atoms with Crippen molar-refractivity contribution >= 4 is 23.5 Å². The third-order valence-electron chi connectivity index (χ3n) is 3.23. The molecule has 0 spiro atoms. The minimum atomic E-state index is -0.0443. The van der Waals surface area contributed by atoms with Crippen molar-refractivity contribution < 1.29 is 4.79 Å². The number of halogens is 1. The fraction of sp³-hybridized carbons (Fsp3) is 0. The average molecular weight is 309 g/mol. The number of hydrogen-bond acceptors (Lipinski definition) is 2. The first-order valence-electron chi connectivity index (χ1n) is 6.79. The first kappa shape index (κ1) is 14.3. The Bertz CT molecular complexity index is 805. The number of carbonyl (C=O) groups excluding carboxylic acids is 1. The highest BCUT2D eigenvalue weighted by molar-refractivity contribution is 6.30. The van der Waals surface area contributed by atoms with Crippen LogP contribution in [0.2, 0.25) is 5.02 Å². The molecule has 0 radical (unpaired) electrons. The van der Waals surface area contributed by atoms with Gasteiger partial charge in [-0.25, -0.2) is 4.98 Å². The molecule has 0 bridgehead atoms. The van der Waals surface area contributed by atoms with Crippen LogP contribution in [0.25, 0.3) is 11.8 Å². The number of ketones is 1. The van der Waals surface area contributed by atoms with Crippen LogP contribution < -0.4 is 0 Å². The molecule has 0 fully saturated rings. The van der Waals surface area contributed by atoms with Crippen LogP contribution in [0.4, 0.5) is 0 Å². The molecule has 4 heteroatoms. The summed E-state index contributed by atoms with van der Waals surface area (Å²) in [5, 5.41) is 0.652. The van der Waals surface area contributed by atoms with E-state index in [4.69, 9.17) is 11.6 Å². The predicted molar refractivity (Wildman–Crippen MR) is 88.4 cm³/mol. The van der Waals surface area contributed by atoms with E-state index in [-0.39, 0.29) is 5.78 Å². The van der Waals surface area contributed by atoms with Crippen molar-refractivity contribution in [3.05, 3.63) is 89.5 Å². The van der Waals surface area contributed by atoms with E-state index in [1.54, 1.807) is 42.9 Å². The Hall–Kier alpha value is -2.65. The van der Waals surface area contributed by atoms with Gasteiger partial charge in [0.2, 0.25) is 0 Å².